The molecule has 0 amide bonds. The van der Waals surface area contributed by atoms with Crippen molar-refractivity contribution >= 4 is 43.2 Å². The van der Waals surface area contributed by atoms with Gasteiger partial charge in [-0.25, -0.2) is 0 Å². The summed E-state index contributed by atoms with van der Waals surface area (Å²) in [6.45, 7) is 2.95. The van der Waals surface area contributed by atoms with Crippen LogP contribution in [-0.4, -0.2) is 16.9 Å². The van der Waals surface area contributed by atoms with Crippen molar-refractivity contribution in [1.82, 2.24) is 9.78 Å². The minimum absolute atomic E-state index is 0.239. The first-order valence-corrected chi connectivity index (χ1v) is 8.28. The number of thiophene rings is 1. The number of halogens is 2. The maximum absolute atomic E-state index is 6.38. The highest BCUT2D eigenvalue weighted by molar-refractivity contribution is 9.13. The highest BCUT2D eigenvalue weighted by Gasteiger charge is 2.22. The van der Waals surface area contributed by atoms with Gasteiger partial charge in [0, 0.05) is 15.9 Å². The fraction of sp³-hybridized carbons (Fsp3) is 0.417. The number of aryl methyl sites for hydroxylation is 1. The zero-order valence-electron chi connectivity index (χ0n) is 10.7. The van der Waals surface area contributed by atoms with Crippen LogP contribution < -0.4 is 10.5 Å². The molecule has 0 aliphatic carbocycles. The Balaban J connectivity index is 2.41. The molecular formula is C12H15Br2N3OS. The number of hydrogen-bond donors (Lipinski definition) is 1. The van der Waals surface area contributed by atoms with Gasteiger partial charge in [-0.3, -0.25) is 4.68 Å². The third-order valence-electron chi connectivity index (χ3n) is 2.77. The Morgan fingerprint density at radius 2 is 2.26 bits per heavy atom. The van der Waals surface area contributed by atoms with Gasteiger partial charge in [0.2, 0.25) is 0 Å². The second kappa shape index (κ2) is 6.39. The first-order valence-electron chi connectivity index (χ1n) is 5.88. The Kier molecular flexibility index (Phi) is 5.05. The summed E-state index contributed by atoms with van der Waals surface area (Å²) in [4.78, 5) is 1.06. The van der Waals surface area contributed by atoms with Crippen LogP contribution in [0.1, 0.15) is 30.0 Å². The number of nitrogens with zero attached hydrogens (tertiary/aromatic N) is 2. The maximum Gasteiger partial charge on any atom is 0.161 e. The molecule has 2 rings (SSSR count). The van der Waals surface area contributed by atoms with E-state index in [1.54, 1.807) is 24.6 Å². The zero-order valence-corrected chi connectivity index (χ0v) is 14.7. The van der Waals surface area contributed by atoms with Crippen molar-refractivity contribution in [2.24, 2.45) is 5.73 Å². The largest absolute Gasteiger partial charge is 0.493 e. The average molecular weight is 409 g/mol. The molecular weight excluding hydrogens is 394 g/mol. The first-order chi connectivity index (χ1) is 9.08. The molecule has 1 unspecified atom stereocenters. The van der Waals surface area contributed by atoms with E-state index in [2.05, 4.69) is 43.9 Å². The summed E-state index contributed by atoms with van der Waals surface area (Å²) in [5.74, 6) is 0.738. The van der Waals surface area contributed by atoms with Crippen LogP contribution >= 0.6 is 43.2 Å². The average Bonchev–Trinajstić information content (AvgIpc) is 2.94. The lowest BCUT2D eigenvalue weighted by Crippen LogP contribution is -2.17. The topological polar surface area (TPSA) is 53.1 Å². The standard InChI is InChI=1S/C12H15Br2N3OS/c1-3-4-17-11(8(18-2)6-16-17)10(15)9-5-7(13)12(14)19-9/h5-6,10H,3-4,15H2,1-2H3. The van der Waals surface area contributed by atoms with E-state index in [1.165, 1.54) is 0 Å². The Hall–Kier alpha value is -0.370. The van der Waals surface area contributed by atoms with E-state index in [1.807, 2.05) is 10.7 Å². The Labute approximate surface area is 133 Å². The first kappa shape index (κ1) is 15.0. The second-order valence-corrected chi connectivity index (χ2v) is 7.33. The predicted octanol–water partition coefficient (Wildman–Crippen LogP) is 3.94. The van der Waals surface area contributed by atoms with E-state index >= 15 is 0 Å². The summed E-state index contributed by atoms with van der Waals surface area (Å²) < 4.78 is 9.35. The summed E-state index contributed by atoms with van der Waals surface area (Å²) in [6.07, 6.45) is 2.73. The smallest absolute Gasteiger partial charge is 0.161 e. The van der Waals surface area contributed by atoms with Gasteiger partial charge in [0.1, 0.15) is 5.69 Å². The van der Waals surface area contributed by atoms with Crippen LogP contribution in [0.4, 0.5) is 0 Å². The van der Waals surface area contributed by atoms with Crippen molar-refractivity contribution in [3.05, 3.63) is 31.1 Å². The molecule has 0 aliphatic rings. The number of ether oxygens (including phenoxy) is 1. The van der Waals surface area contributed by atoms with Crippen molar-refractivity contribution in [1.29, 1.82) is 0 Å². The molecule has 0 radical (unpaired) electrons. The van der Waals surface area contributed by atoms with Crippen LogP contribution in [0.2, 0.25) is 0 Å². The third kappa shape index (κ3) is 3.04. The molecule has 0 bridgehead atoms. The molecule has 7 heteroatoms. The number of methoxy groups -OCH3 is 1. The normalized spacial score (nSPS) is 12.7. The van der Waals surface area contributed by atoms with Gasteiger partial charge in [0.15, 0.2) is 5.75 Å². The van der Waals surface area contributed by atoms with Crippen molar-refractivity contribution in [2.45, 2.75) is 25.9 Å². The highest BCUT2D eigenvalue weighted by Crippen LogP contribution is 2.38. The van der Waals surface area contributed by atoms with Crippen LogP contribution in [0.3, 0.4) is 0 Å². The SMILES string of the molecule is CCCn1ncc(OC)c1C(N)c1cc(Br)c(Br)s1. The molecule has 4 nitrogen and oxygen atoms in total. The van der Waals surface area contributed by atoms with Gasteiger partial charge in [-0.05, 0) is 44.3 Å². The molecule has 2 aromatic rings. The van der Waals surface area contributed by atoms with Gasteiger partial charge < -0.3 is 10.5 Å². The number of nitrogens with two attached hydrogens (primary N) is 1. The molecule has 0 aliphatic heterocycles. The van der Waals surface area contributed by atoms with E-state index in [0.717, 1.165) is 37.5 Å². The highest BCUT2D eigenvalue weighted by atomic mass is 79.9. The van der Waals surface area contributed by atoms with Gasteiger partial charge >= 0.3 is 0 Å². The van der Waals surface area contributed by atoms with Crippen LogP contribution in [-0.2, 0) is 6.54 Å². The molecule has 104 valence electrons. The number of rotatable bonds is 5. The van der Waals surface area contributed by atoms with E-state index in [9.17, 15) is 0 Å². The summed E-state index contributed by atoms with van der Waals surface area (Å²) >= 11 is 8.60. The van der Waals surface area contributed by atoms with Gasteiger partial charge in [-0.15, -0.1) is 11.3 Å². The van der Waals surface area contributed by atoms with Crippen molar-refractivity contribution in [3.8, 4) is 5.75 Å². The molecule has 2 heterocycles. The number of hydrogen-bond acceptors (Lipinski definition) is 4. The fourth-order valence-electron chi connectivity index (χ4n) is 1.89. The number of aromatic nitrogens is 2. The Bertz CT molecular complexity index is 548. The molecule has 0 saturated carbocycles. The van der Waals surface area contributed by atoms with Crippen LogP contribution in [0.15, 0.2) is 20.5 Å². The van der Waals surface area contributed by atoms with Gasteiger partial charge in [-0.2, -0.15) is 5.10 Å². The van der Waals surface area contributed by atoms with E-state index in [-0.39, 0.29) is 6.04 Å². The van der Waals surface area contributed by atoms with Gasteiger partial charge in [-0.1, -0.05) is 6.92 Å². The lowest BCUT2D eigenvalue weighted by Gasteiger charge is -2.14. The second-order valence-electron chi connectivity index (χ2n) is 4.07. The molecule has 2 N–H and O–H groups in total. The van der Waals surface area contributed by atoms with Crippen molar-refractivity contribution in [3.63, 3.8) is 0 Å². The molecule has 0 aromatic carbocycles. The summed E-state index contributed by atoms with van der Waals surface area (Å²) in [7, 11) is 1.64. The molecule has 1 atom stereocenters. The fourth-order valence-corrected chi connectivity index (χ4v) is 3.98. The van der Waals surface area contributed by atoms with Gasteiger partial charge in [0.25, 0.3) is 0 Å². The molecule has 19 heavy (non-hydrogen) atoms. The van der Waals surface area contributed by atoms with E-state index in [0.29, 0.717) is 0 Å². The van der Waals surface area contributed by atoms with Crippen LogP contribution in [0, 0.1) is 0 Å². The van der Waals surface area contributed by atoms with Crippen molar-refractivity contribution in [2.75, 3.05) is 7.11 Å². The maximum atomic E-state index is 6.38. The van der Waals surface area contributed by atoms with E-state index < -0.39 is 0 Å². The molecule has 0 saturated heterocycles. The van der Waals surface area contributed by atoms with Gasteiger partial charge in [0.05, 0.1) is 23.1 Å². The Morgan fingerprint density at radius 1 is 1.53 bits per heavy atom. The van der Waals surface area contributed by atoms with E-state index in [4.69, 9.17) is 10.5 Å². The summed E-state index contributed by atoms with van der Waals surface area (Å²) in [5, 5.41) is 4.35. The summed E-state index contributed by atoms with van der Waals surface area (Å²) in [5.41, 5.74) is 7.30. The lowest BCUT2D eigenvalue weighted by molar-refractivity contribution is 0.404. The molecule has 0 spiro atoms. The molecule has 2 aromatic heterocycles. The van der Waals surface area contributed by atoms with Crippen LogP contribution in [0.25, 0.3) is 0 Å². The zero-order chi connectivity index (χ0) is 14.0. The lowest BCUT2D eigenvalue weighted by atomic mass is 10.1. The molecule has 0 fully saturated rings. The predicted molar refractivity (Wildman–Crippen MR) is 84.8 cm³/mol. The summed E-state index contributed by atoms with van der Waals surface area (Å²) in [6, 6.07) is 1.79. The van der Waals surface area contributed by atoms with Crippen molar-refractivity contribution < 1.29 is 4.74 Å². The Morgan fingerprint density at radius 3 is 2.79 bits per heavy atom. The third-order valence-corrected chi connectivity index (χ3v) is 6.10. The minimum atomic E-state index is -0.239. The quantitative estimate of drug-likeness (QED) is 0.815. The monoisotopic (exact) mass is 407 g/mol. The van der Waals surface area contributed by atoms with Crippen LogP contribution in [0.5, 0.6) is 5.75 Å². The minimum Gasteiger partial charge on any atom is -0.493 e.